The van der Waals surface area contributed by atoms with Crippen molar-refractivity contribution in [2.75, 3.05) is 46.5 Å². The molecule has 1 amide bonds. The molecule has 8 nitrogen and oxygen atoms in total. The van der Waals surface area contributed by atoms with E-state index in [-0.39, 0.29) is 11.8 Å². The highest BCUT2D eigenvalue weighted by molar-refractivity contribution is 7.10. The van der Waals surface area contributed by atoms with Crippen molar-refractivity contribution in [2.24, 2.45) is 0 Å². The molecule has 1 atom stereocenters. The summed E-state index contributed by atoms with van der Waals surface area (Å²) in [5.41, 5.74) is 1.54. The molecule has 2 aromatic carbocycles. The molecule has 1 aromatic heterocycles. The van der Waals surface area contributed by atoms with Crippen LogP contribution < -0.4 is 9.47 Å². The van der Waals surface area contributed by atoms with Gasteiger partial charge in [-0.2, -0.15) is 0 Å². The normalized spacial score (nSPS) is 13.8. The third-order valence-electron chi connectivity index (χ3n) is 6.10. The number of phenols is 1. The Kier molecular flexibility index (Phi) is 14.7. The number of para-hydroxylation sites is 1. The third kappa shape index (κ3) is 10.7. The van der Waals surface area contributed by atoms with Crippen molar-refractivity contribution >= 4 is 24.0 Å². The van der Waals surface area contributed by atoms with E-state index in [0.29, 0.717) is 31.7 Å². The second-order valence-corrected chi connectivity index (χ2v) is 9.78. The molecule has 0 radical (unpaired) electrons. The molecule has 1 aliphatic rings. The second kappa shape index (κ2) is 18.0. The first-order valence-corrected chi connectivity index (χ1v) is 14.0. The summed E-state index contributed by atoms with van der Waals surface area (Å²) in [7, 11) is 2.05. The van der Waals surface area contributed by atoms with Crippen LogP contribution in [0.1, 0.15) is 47.1 Å². The Morgan fingerprint density at radius 2 is 1.82 bits per heavy atom. The first-order valence-electron chi connectivity index (χ1n) is 13.1. The minimum atomic E-state index is -0.0109. The van der Waals surface area contributed by atoms with Gasteiger partial charge in [0.2, 0.25) is 6.41 Å². The fourth-order valence-corrected chi connectivity index (χ4v) is 4.74. The van der Waals surface area contributed by atoms with E-state index in [1.54, 1.807) is 29.5 Å². The molecular formula is C30H40N2O6S. The van der Waals surface area contributed by atoms with Gasteiger partial charge in [-0.05, 0) is 81.2 Å². The van der Waals surface area contributed by atoms with Gasteiger partial charge in [0, 0.05) is 24.1 Å². The summed E-state index contributed by atoms with van der Waals surface area (Å²) >= 11 is 1.75. The smallest absolute Gasteiger partial charge is 0.210 e. The van der Waals surface area contributed by atoms with Crippen LogP contribution in [0, 0.1) is 0 Å². The van der Waals surface area contributed by atoms with E-state index < -0.39 is 0 Å². The van der Waals surface area contributed by atoms with Crippen LogP contribution >= 0.6 is 11.3 Å². The number of amides is 1. The summed E-state index contributed by atoms with van der Waals surface area (Å²) in [6.07, 6.45) is 3.37. The van der Waals surface area contributed by atoms with E-state index in [9.17, 15) is 9.59 Å². The second-order valence-electron chi connectivity index (χ2n) is 8.78. The molecule has 2 heterocycles. The fraction of sp³-hybridized carbons (Fsp3) is 0.400. The van der Waals surface area contributed by atoms with Crippen LogP contribution in [0.4, 0.5) is 0 Å². The van der Waals surface area contributed by atoms with Gasteiger partial charge in [0.25, 0.3) is 0 Å². The number of nitrogens with zero attached hydrogens (tertiary/aromatic N) is 2. The Bertz CT molecular complexity index is 1120. The average Bonchev–Trinajstić information content (AvgIpc) is 3.45. The average molecular weight is 557 g/mol. The topological polar surface area (TPSA) is 99.5 Å². The first kappa shape index (κ1) is 31.8. The SMILES string of the molecule is CCN(C)CCCO.CCOc1cccc(OCC2c3ccsc3CCN2C=O)c1.O=Cc1ccccc1O. The number of rotatable bonds is 11. The minimum absolute atomic E-state index is 0.0109. The zero-order valence-corrected chi connectivity index (χ0v) is 23.8. The quantitative estimate of drug-likeness (QED) is 0.327. The van der Waals surface area contributed by atoms with Crippen molar-refractivity contribution in [1.82, 2.24) is 9.80 Å². The van der Waals surface area contributed by atoms with Gasteiger partial charge >= 0.3 is 0 Å². The maximum absolute atomic E-state index is 11.3. The maximum Gasteiger partial charge on any atom is 0.210 e. The molecule has 1 aliphatic heterocycles. The lowest BCUT2D eigenvalue weighted by Crippen LogP contribution is -2.36. The Balaban J connectivity index is 0.000000258. The van der Waals surface area contributed by atoms with E-state index in [1.807, 2.05) is 36.1 Å². The number of ether oxygens (including phenoxy) is 2. The van der Waals surface area contributed by atoms with Gasteiger partial charge in [0.05, 0.1) is 18.2 Å². The number of aliphatic hydroxyl groups is 1. The zero-order valence-electron chi connectivity index (χ0n) is 23.0. The number of thiophene rings is 1. The molecule has 3 aromatic rings. The van der Waals surface area contributed by atoms with Crippen molar-refractivity contribution in [2.45, 2.75) is 32.7 Å². The molecule has 1 unspecified atom stereocenters. The summed E-state index contributed by atoms with van der Waals surface area (Å²) < 4.78 is 11.4. The minimum Gasteiger partial charge on any atom is -0.507 e. The molecule has 4 rings (SSSR count). The number of aliphatic hydroxyl groups excluding tert-OH is 1. The summed E-state index contributed by atoms with van der Waals surface area (Å²) in [6.45, 7) is 8.29. The third-order valence-corrected chi connectivity index (χ3v) is 7.09. The Labute approximate surface area is 235 Å². The molecule has 0 bridgehead atoms. The number of phenolic OH excluding ortho intramolecular Hbond substituents is 1. The molecule has 9 heteroatoms. The van der Waals surface area contributed by atoms with Crippen molar-refractivity contribution in [3.63, 3.8) is 0 Å². The van der Waals surface area contributed by atoms with Gasteiger partial charge in [-0.25, -0.2) is 0 Å². The standard InChI is InChI=1S/C17H19NO3S.C7H6O2.C6H15NO/c1-2-20-13-4-3-5-14(10-13)21-11-16-15-7-9-22-17(15)6-8-18(16)12-19;8-5-6-3-1-2-4-7(6)9;1-3-7(2)5-4-6-8/h3-5,7,9-10,12,16H,2,6,8,11H2,1H3;1-5,9H;8H,3-6H2,1-2H3. The molecule has 0 aliphatic carbocycles. The van der Waals surface area contributed by atoms with Crippen LogP contribution in [0.5, 0.6) is 17.2 Å². The van der Waals surface area contributed by atoms with Gasteiger partial charge in [0.1, 0.15) is 23.9 Å². The van der Waals surface area contributed by atoms with Crippen LogP contribution in [0.2, 0.25) is 0 Å². The van der Waals surface area contributed by atoms with Gasteiger partial charge in [0.15, 0.2) is 6.29 Å². The van der Waals surface area contributed by atoms with Gasteiger partial charge in [-0.3, -0.25) is 9.59 Å². The van der Waals surface area contributed by atoms with Crippen LogP contribution in [0.3, 0.4) is 0 Å². The molecule has 0 saturated carbocycles. The van der Waals surface area contributed by atoms with Crippen LogP contribution in [-0.2, 0) is 11.2 Å². The highest BCUT2D eigenvalue weighted by Crippen LogP contribution is 2.33. The Morgan fingerprint density at radius 3 is 2.44 bits per heavy atom. The van der Waals surface area contributed by atoms with E-state index in [2.05, 4.69) is 30.3 Å². The molecule has 0 spiro atoms. The van der Waals surface area contributed by atoms with Gasteiger partial charge in [-0.15, -0.1) is 11.3 Å². The number of fused-ring (bicyclic) bond motifs is 1. The lowest BCUT2D eigenvalue weighted by Gasteiger charge is -2.32. The number of aldehydes is 1. The molecular weight excluding hydrogens is 516 g/mol. The summed E-state index contributed by atoms with van der Waals surface area (Å²) in [5.74, 6) is 1.60. The van der Waals surface area contributed by atoms with Crippen LogP contribution in [-0.4, -0.2) is 79.2 Å². The molecule has 39 heavy (non-hydrogen) atoms. The maximum atomic E-state index is 11.3. The number of carbonyl (C=O) groups is 2. The number of hydrogen-bond donors (Lipinski definition) is 2. The molecule has 212 valence electrons. The highest BCUT2D eigenvalue weighted by Gasteiger charge is 2.27. The molecule has 2 N–H and O–H groups in total. The predicted molar refractivity (Wildman–Crippen MR) is 155 cm³/mol. The van der Waals surface area contributed by atoms with Gasteiger partial charge in [-0.1, -0.05) is 25.1 Å². The van der Waals surface area contributed by atoms with Crippen molar-refractivity contribution < 1.29 is 29.3 Å². The summed E-state index contributed by atoms with van der Waals surface area (Å²) in [5, 5.41) is 19.3. The zero-order chi connectivity index (χ0) is 28.5. The van der Waals surface area contributed by atoms with E-state index in [0.717, 1.165) is 50.4 Å². The number of carbonyl (C=O) groups excluding carboxylic acids is 2. The van der Waals surface area contributed by atoms with E-state index >= 15 is 0 Å². The van der Waals surface area contributed by atoms with E-state index in [4.69, 9.17) is 19.7 Å². The van der Waals surface area contributed by atoms with Crippen molar-refractivity contribution in [3.8, 4) is 17.2 Å². The number of hydrogen-bond acceptors (Lipinski definition) is 8. The van der Waals surface area contributed by atoms with Gasteiger partial charge < -0.3 is 29.5 Å². The Morgan fingerprint density at radius 1 is 1.08 bits per heavy atom. The fourth-order valence-electron chi connectivity index (χ4n) is 3.81. The Hall–Kier alpha value is -3.40. The van der Waals surface area contributed by atoms with Crippen molar-refractivity contribution in [3.05, 3.63) is 76.0 Å². The largest absolute Gasteiger partial charge is 0.507 e. The highest BCUT2D eigenvalue weighted by atomic mass is 32.1. The van der Waals surface area contributed by atoms with Crippen LogP contribution in [0.15, 0.2) is 60.0 Å². The van der Waals surface area contributed by atoms with E-state index in [1.165, 1.54) is 16.5 Å². The lowest BCUT2D eigenvalue weighted by molar-refractivity contribution is -0.121. The molecule has 0 saturated heterocycles. The summed E-state index contributed by atoms with van der Waals surface area (Å²) in [4.78, 5) is 26.7. The first-order chi connectivity index (χ1) is 19.0. The summed E-state index contributed by atoms with van der Waals surface area (Å²) in [6, 6.07) is 16.1. The predicted octanol–water partition coefficient (Wildman–Crippen LogP) is 4.81. The van der Waals surface area contributed by atoms with Crippen LogP contribution in [0.25, 0.3) is 0 Å². The number of benzene rings is 2. The number of aromatic hydroxyl groups is 1. The lowest BCUT2D eigenvalue weighted by atomic mass is 10.0. The van der Waals surface area contributed by atoms with Crippen molar-refractivity contribution in [1.29, 1.82) is 0 Å². The monoisotopic (exact) mass is 556 g/mol. The molecule has 0 fully saturated rings.